The maximum absolute atomic E-state index is 6.10. The summed E-state index contributed by atoms with van der Waals surface area (Å²) in [7, 11) is 0. The molecule has 0 atom stereocenters. The fraction of sp³-hybridized carbons (Fsp3) is 0.500. The first-order chi connectivity index (χ1) is 11.2. The van der Waals surface area contributed by atoms with Gasteiger partial charge < -0.3 is 10.1 Å². The Bertz CT molecular complexity index is 681. The molecule has 0 fully saturated rings. The van der Waals surface area contributed by atoms with Crippen LogP contribution < -0.4 is 5.32 Å². The standard InChI is InChI=1S/C18H24ClN3O/c1-3-23-11-9-16-15-6-4-5-10-20-18(15)22(21-16)17-8-7-14(19)12-13(17)2/h7-8,12,20H,3-6,9-11H2,1-2H3. The maximum Gasteiger partial charge on any atom is 0.133 e. The second-order valence-corrected chi connectivity index (χ2v) is 6.38. The number of ether oxygens (including phenoxy) is 1. The van der Waals surface area contributed by atoms with E-state index in [0.29, 0.717) is 0 Å². The maximum atomic E-state index is 6.10. The number of fused-ring (bicyclic) bond motifs is 1. The van der Waals surface area contributed by atoms with Crippen LogP contribution in [0, 0.1) is 6.92 Å². The van der Waals surface area contributed by atoms with Gasteiger partial charge in [0.15, 0.2) is 0 Å². The number of anilines is 1. The van der Waals surface area contributed by atoms with Crippen LogP contribution in [-0.2, 0) is 17.6 Å². The van der Waals surface area contributed by atoms with Gasteiger partial charge in [0.25, 0.3) is 0 Å². The molecule has 1 aromatic carbocycles. The van der Waals surface area contributed by atoms with E-state index >= 15 is 0 Å². The van der Waals surface area contributed by atoms with E-state index in [9.17, 15) is 0 Å². The van der Waals surface area contributed by atoms with Crippen LogP contribution in [0.25, 0.3) is 5.69 Å². The molecule has 1 aromatic heterocycles. The lowest BCUT2D eigenvalue weighted by molar-refractivity contribution is 0.150. The van der Waals surface area contributed by atoms with Gasteiger partial charge in [-0.15, -0.1) is 0 Å². The van der Waals surface area contributed by atoms with Gasteiger partial charge >= 0.3 is 0 Å². The molecule has 2 heterocycles. The van der Waals surface area contributed by atoms with Crippen LogP contribution in [0.3, 0.4) is 0 Å². The summed E-state index contributed by atoms with van der Waals surface area (Å²) < 4.78 is 7.58. The molecule has 0 radical (unpaired) electrons. The number of benzene rings is 1. The van der Waals surface area contributed by atoms with Crippen molar-refractivity contribution in [2.75, 3.05) is 25.1 Å². The SMILES string of the molecule is CCOCCc1nn(-c2ccc(Cl)cc2C)c2c1CCCCN2. The number of nitrogens with zero attached hydrogens (tertiary/aromatic N) is 2. The van der Waals surface area contributed by atoms with Crippen molar-refractivity contribution < 1.29 is 4.74 Å². The minimum absolute atomic E-state index is 0.722. The molecular formula is C18H24ClN3O. The third-order valence-corrected chi connectivity index (χ3v) is 4.52. The lowest BCUT2D eigenvalue weighted by Crippen LogP contribution is -2.08. The minimum Gasteiger partial charge on any atom is -0.381 e. The topological polar surface area (TPSA) is 39.1 Å². The van der Waals surface area contributed by atoms with Gasteiger partial charge in [0.05, 0.1) is 18.0 Å². The largest absolute Gasteiger partial charge is 0.381 e. The Balaban J connectivity index is 2.02. The highest BCUT2D eigenvalue weighted by Gasteiger charge is 2.21. The molecule has 0 spiro atoms. The summed E-state index contributed by atoms with van der Waals surface area (Å²) in [5.74, 6) is 1.14. The number of halogens is 1. The zero-order chi connectivity index (χ0) is 16.2. The molecular weight excluding hydrogens is 310 g/mol. The summed E-state index contributed by atoms with van der Waals surface area (Å²) in [4.78, 5) is 0. The molecule has 5 heteroatoms. The van der Waals surface area contributed by atoms with E-state index in [1.807, 2.05) is 29.8 Å². The summed E-state index contributed by atoms with van der Waals surface area (Å²) >= 11 is 6.10. The molecule has 1 N–H and O–H groups in total. The van der Waals surface area contributed by atoms with Crippen molar-refractivity contribution >= 4 is 17.4 Å². The molecule has 0 amide bonds. The van der Waals surface area contributed by atoms with E-state index in [4.69, 9.17) is 21.4 Å². The molecule has 1 aliphatic rings. The third kappa shape index (κ3) is 3.54. The first-order valence-electron chi connectivity index (χ1n) is 8.39. The Morgan fingerprint density at radius 1 is 1.35 bits per heavy atom. The second kappa shape index (κ2) is 7.37. The van der Waals surface area contributed by atoms with Crippen molar-refractivity contribution in [1.29, 1.82) is 0 Å². The summed E-state index contributed by atoms with van der Waals surface area (Å²) in [5.41, 5.74) is 4.71. The third-order valence-electron chi connectivity index (χ3n) is 4.29. The van der Waals surface area contributed by atoms with E-state index in [1.54, 1.807) is 0 Å². The van der Waals surface area contributed by atoms with Crippen molar-refractivity contribution in [2.45, 2.75) is 39.5 Å². The molecule has 0 bridgehead atoms. The fourth-order valence-electron chi connectivity index (χ4n) is 3.12. The van der Waals surface area contributed by atoms with Gasteiger partial charge in [-0.2, -0.15) is 5.10 Å². The summed E-state index contributed by atoms with van der Waals surface area (Å²) in [5, 5.41) is 9.23. The molecule has 23 heavy (non-hydrogen) atoms. The number of nitrogens with one attached hydrogen (secondary N) is 1. The zero-order valence-electron chi connectivity index (χ0n) is 13.9. The van der Waals surface area contributed by atoms with Crippen LogP contribution in [0.4, 0.5) is 5.82 Å². The van der Waals surface area contributed by atoms with Crippen molar-refractivity contribution in [3.05, 3.63) is 40.0 Å². The van der Waals surface area contributed by atoms with Crippen LogP contribution in [0.1, 0.15) is 36.6 Å². The van der Waals surface area contributed by atoms with Gasteiger partial charge in [0.1, 0.15) is 5.82 Å². The Morgan fingerprint density at radius 3 is 3.00 bits per heavy atom. The van der Waals surface area contributed by atoms with Crippen LogP contribution in [0.15, 0.2) is 18.2 Å². The quantitative estimate of drug-likeness (QED) is 0.835. The van der Waals surface area contributed by atoms with Gasteiger partial charge in [-0.3, -0.25) is 0 Å². The van der Waals surface area contributed by atoms with Crippen molar-refractivity contribution in [1.82, 2.24) is 9.78 Å². The monoisotopic (exact) mass is 333 g/mol. The van der Waals surface area contributed by atoms with Crippen molar-refractivity contribution in [3.8, 4) is 5.69 Å². The Labute approximate surface area is 142 Å². The molecule has 0 unspecified atom stereocenters. The number of aromatic nitrogens is 2. The Morgan fingerprint density at radius 2 is 2.22 bits per heavy atom. The molecule has 1 aliphatic heterocycles. The first kappa shape index (κ1) is 16.3. The number of hydrogen-bond donors (Lipinski definition) is 1. The molecule has 124 valence electrons. The fourth-order valence-corrected chi connectivity index (χ4v) is 3.34. The smallest absolute Gasteiger partial charge is 0.133 e. The van der Waals surface area contributed by atoms with Crippen LogP contribution in [-0.4, -0.2) is 29.5 Å². The Hall–Kier alpha value is -1.52. The lowest BCUT2D eigenvalue weighted by Gasteiger charge is -2.11. The summed E-state index contributed by atoms with van der Waals surface area (Å²) in [6, 6.07) is 5.96. The predicted octanol–water partition coefficient (Wildman–Crippen LogP) is 4.16. The van der Waals surface area contributed by atoms with Gasteiger partial charge in [-0.1, -0.05) is 11.6 Å². The van der Waals surface area contributed by atoms with E-state index in [1.165, 1.54) is 18.4 Å². The summed E-state index contributed by atoms with van der Waals surface area (Å²) in [6.45, 7) is 6.57. The molecule has 4 nitrogen and oxygen atoms in total. The van der Waals surface area contributed by atoms with Gasteiger partial charge in [0.2, 0.25) is 0 Å². The first-order valence-corrected chi connectivity index (χ1v) is 8.77. The molecule has 3 rings (SSSR count). The number of hydrogen-bond acceptors (Lipinski definition) is 3. The van der Waals surface area contributed by atoms with Crippen LogP contribution in [0.5, 0.6) is 0 Å². The van der Waals surface area contributed by atoms with Crippen molar-refractivity contribution in [2.24, 2.45) is 0 Å². The minimum atomic E-state index is 0.722. The van der Waals surface area contributed by atoms with E-state index < -0.39 is 0 Å². The van der Waals surface area contributed by atoms with E-state index in [0.717, 1.165) is 60.4 Å². The molecule has 2 aromatic rings. The van der Waals surface area contributed by atoms with Crippen LogP contribution >= 0.6 is 11.6 Å². The van der Waals surface area contributed by atoms with Gasteiger partial charge in [0, 0.05) is 30.2 Å². The molecule has 0 saturated heterocycles. The van der Waals surface area contributed by atoms with Gasteiger partial charge in [-0.25, -0.2) is 4.68 Å². The van der Waals surface area contributed by atoms with E-state index in [2.05, 4.69) is 12.2 Å². The van der Waals surface area contributed by atoms with Crippen LogP contribution in [0.2, 0.25) is 5.02 Å². The average Bonchev–Trinajstić information content (AvgIpc) is 2.71. The second-order valence-electron chi connectivity index (χ2n) is 5.95. The zero-order valence-corrected chi connectivity index (χ0v) is 14.6. The number of aryl methyl sites for hydroxylation is 1. The predicted molar refractivity (Wildman–Crippen MR) is 94.9 cm³/mol. The molecule has 0 saturated carbocycles. The van der Waals surface area contributed by atoms with E-state index in [-0.39, 0.29) is 0 Å². The Kier molecular flexibility index (Phi) is 5.23. The number of rotatable bonds is 5. The highest BCUT2D eigenvalue weighted by molar-refractivity contribution is 6.30. The van der Waals surface area contributed by atoms with Crippen molar-refractivity contribution in [3.63, 3.8) is 0 Å². The highest BCUT2D eigenvalue weighted by atomic mass is 35.5. The highest BCUT2D eigenvalue weighted by Crippen LogP contribution is 2.30. The lowest BCUT2D eigenvalue weighted by atomic mass is 10.1. The molecule has 0 aliphatic carbocycles. The normalized spacial score (nSPS) is 14.2. The average molecular weight is 334 g/mol. The van der Waals surface area contributed by atoms with Gasteiger partial charge in [-0.05, 0) is 56.9 Å². The summed E-state index contributed by atoms with van der Waals surface area (Å²) in [6.07, 6.45) is 4.33.